The van der Waals surface area contributed by atoms with E-state index in [2.05, 4.69) is 5.32 Å². The predicted octanol–water partition coefficient (Wildman–Crippen LogP) is 1.71. The number of halogens is 1. The van der Waals surface area contributed by atoms with Crippen LogP contribution in [0.3, 0.4) is 0 Å². The number of hydrogen-bond donors (Lipinski definition) is 2. The van der Waals surface area contributed by atoms with Gasteiger partial charge >= 0.3 is 0 Å². The third-order valence-electron chi connectivity index (χ3n) is 3.06. The lowest BCUT2D eigenvalue weighted by Crippen LogP contribution is -2.35. The van der Waals surface area contributed by atoms with Crippen molar-refractivity contribution in [2.75, 3.05) is 13.1 Å². The second-order valence-corrected chi connectivity index (χ2v) is 4.86. The van der Waals surface area contributed by atoms with E-state index in [4.69, 9.17) is 22.1 Å². The molecule has 2 rings (SSSR count). The van der Waals surface area contributed by atoms with Crippen molar-refractivity contribution in [1.82, 2.24) is 5.32 Å². The molecule has 0 bridgehead atoms. The zero-order valence-corrected chi connectivity index (χ0v) is 10.9. The minimum absolute atomic E-state index is 0.241. The van der Waals surface area contributed by atoms with E-state index in [0.29, 0.717) is 17.2 Å². The molecule has 1 aromatic carbocycles. The highest BCUT2D eigenvalue weighted by Crippen LogP contribution is 2.20. The number of primary amides is 1. The van der Waals surface area contributed by atoms with E-state index in [1.807, 2.05) is 0 Å². The Labute approximate surface area is 111 Å². The van der Waals surface area contributed by atoms with Crippen LogP contribution in [0.2, 0.25) is 5.02 Å². The Hall–Kier alpha value is -1.10. The second kappa shape index (κ2) is 6.18. The first-order valence-corrected chi connectivity index (χ1v) is 6.45. The molecule has 1 fully saturated rings. The van der Waals surface area contributed by atoms with Gasteiger partial charge in [0.1, 0.15) is 0 Å². The van der Waals surface area contributed by atoms with Crippen LogP contribution in [0.15, 0.2) is 18.2 Å². The van der Waals surface area contributed by atoms with Crippen molar-refractivity contribution in [2.45, 2.75) is 25.6 Å². The highest BCUT2D eigenvalue weighted by molar-refractivity contribution is 6.31. The van der Waals surface area contributed by atoms with Gasteiger partial charge in [0.05, 0.1) is 12.7 Å². The number of amides is 1. The molecule has 18 heavy (non-hydrogen) atoms. The first-order valence-electron chi connectivity index (χ1n) is 6.07. The quantitative estimate of drug-likeness (QED) is 0.874. The summed E-state index contributed by atoms with van der Waals surface area (Å²) in [5.74, 6) is -0.471. The van der Waals surface area contributed by atoms with E-state index in [1.165, 1.54) is 0 Å². The zero-order valence-electron chi connectivity index (χ0n) is 10.1. The Balaban J connectivity index is 1.94. The summed E-state index contributed by atoms with van der Waals surface area (Å²) in [5.41, 5.74) is 6.49. The van der Waals surface area contributed by atoms with Gasteiger partial charge in [0.15, 0.2) is 0 Å². The van der Waals surface area contributed by atoms with Crippen LogP contribution in [-0.4, -0.2) is 25.1 Å². The molecule has 0 unspecified atom stereocenters. The fourth-order valence-corrected chi connectivity index (χ4v) is 2.22. The van der Waals surface area contributed by atoms with Crippen LogP contribution in [0.25, 0.3) is 0 Å². The number of piperidine rings is 1. The summed E-state index contributed by atoms with van der Waals surface area (Å²) in [6, 6.07) is 5.05. The molecule has 1 amide bonds. The molecule has 0 saturated carbocycles. The molecule has 1 aliphatic rings. The third kappa shape index (κ3) is 3.45. The molecule has 0 spiro atoms. The average molecular weight is 269 g/mol. The monoisotopic (exact) mass is 268 g/mol. The van der Waals surface area contributed by atoms with Gasteiger partial charge in [0, 0.05) is 17.1 Å². The van der Waals surface area contributed by atoms with E-state index in [1.54, 1.807) is 18.2 Å². The van der Waals surface area contributed by atoms with Crippen LogP contribution >= 0.6 is 11.6 Å². The first kappa shape index (κ1) is 13.3. The Morgan fingerprint density at radius 3 is 3.00 bits per heavy atom. The largest absolute Gasteiger partial charge is 0.372 e. The fraction of sp³-hybridized carbons (Fsp3) is 0.462. The van der Waals surface area contributed by atoms with Crippen molar-refractivity contribution < 1.29 is 9.53 Å². The van der Waals surface area contributed by atoms with Crippen LogP contribution in [0.4, 0.5) is 0 Å². The second-order valence-electron chi connectivity index (χ2n) is 4.45. The van der Waals surface area contributed by atoms with E-state index < -0.39 is 5.91 Å². The first-order chi connectivity index (χ1) is 8.66. The average Bonchev–Trinajstić information content (AvgIpc) is 2.38. The van der Waals surface area contributed by atoms with E-state index >= 15 is 0 Å². The highest BCUT2D eigenvalue weighted by atomic mass is 35.5. The minimum atomic E-state index is -0.471. The SMILES string of the molecule is NC(=O)c1ccc(CO[C@H]2CCCNC2)c(Cl)c1. The lowest BCUT2D eigenvalue weighted by Gasteiger charge is -2.23. The third-order valence-corrected chi connectivity index (χ3v) is 3.42. The Kier molecular flexibility index (Phi) is 4.58. The number of carbonyl (C=O) groups excluding carboxylic acids is 1. The zero-order chi connectivity index (χ0) is 13.0. The topological polar surface area (TPSA) is 64.4 Å². The van der Waals surface area contributed by atoms with Crippen LogP contribution in [0.1, 0.15) is 28.8 Å². The summed E-state index contributed by atoms with van der Waals surface area (Å²) < 4.78 is 5.79. The van der Waals surface area contributed by atoms with Crippen molar-refractivity contribution in [1.29, 1.82) is 0 Å². The maximum atomic E-state index is 11.0. The molecule has 1 aromatic rings. The molecule has 98 valence electrons. The lowest BCUT2D eigenvalue weighted by atomic mass is 10.1. The predicted molar refractivity (Wildman–Crippen MR) is 70.7 cm³/mol. The van der Waals surface area contributed by atoms with Crippen LogP contribution in [-0.2, 0) is 11.3 Å². The normalized spacial score (nSPS) is 19.7. The summed E-state index contributed by atoms with van der Waals surface area (Å²) in [6.07, 6.45) is 2.45. The number of hydrogen-bond acceptors (Lipinski definition) is 3. The number of ether oxygens (including phenoxy) is 1. The maximum Gasteiger partial charge on any atom is 0.248 e. The van der Waals surface area contributed by atoms with Crippen molar-refractivity contribution in [2.24, 2.45) is 5.73 Å². The molecule has 1 atom stereocenters. The van der Waals surface area contributed by atoms with Gasteiger partial charge < -0.3 is 15.8 Å². The number of rotatable bonds is 4. The molecule has 1 saturated heterocycles. The van der Waals surface area contributed by atoms with Gasteiger partial charge in [-0.2, -0.15) is 0 Å². The molecule has 0 aliphatic carbocycles. The van der Waals surface area contributed by atoms with Gasteiger partial charge in [-0.05, 0) is 37.1 Å². The summed E-state index contributed by atoms with van der Waals surface area (Å²) in [7, 11) is 0. The van der Waals surface area contributed by atoms with Crippen LogP contribution in [0, 0.1) is 0 Å². The lowest BCUT2D eigenvalue weighted by molar-refractivity contribution is 0.0253. The van der Waals surface area contributed by atoms with Gasteiger partial charge in [-0.25, -0.2) is 0 Å². The maximum absolute atomic E-state index is 11.0. The standard InChI is InChI=1S/C13H17ClN2O2/c14-12-6-9(13(15)17)3-4-10(12)8-18-11-2-1-5-16-7-11/h3-4,6,11,16H,1-2,5,7-8H2,(H2,15,17)/t11-/m0/s1. The molecule has 4 nitrogen and oxygen atoms in total. The number of nitrogens with two attached hydrogens (primary N) is 1. The van der Waals surface area contributed by atoms with Gasteiger partial charge in [0.2, 0.25) is 5.91 Å². The molecule has 1 heterocycles. The molecular weight excluding hydrogens is 252 g/mol. The van der Waals surface area contributed by atoms with Crippen molar-refractivity contribution in [3.63, 3.8) is 0 Å². The Bertz CT molecular complexity index is 431. The Morgan fingerprint density at radius 2 is 2.39 bits per heavy atom. The van der Waals surface area contributed by atoms with Crippen LogP contribution in [0.5, 0.6) is 0 Å². The number of nitrogens with one attached hydrogen (secondary N) is 1. The Morgan fingerprint density at radius 1 is 1.56 bits per heavy atom. The van der Waals surface area contributed by atoms with Gasteiger partial charge in [-0.1, -0.05) is 17.7 Å². The van der Waals surface area contributed by atoms with Crippen LogP contribution < -0.4 is 11.1 Å². The number of benzene rings is 1. The molecule has 1 aliphatic heterocycles. The summed E-state index contributed by atoms with van der Waals surface area (Å²) in [5, 5.41) is 3.81. The van der Waals surface area contributed by atoms with E-state index in [-0.39, 0.29) is 6.10 Å². The van der Waals surface area contributed by atoms with Crippen molar-refractivity contribution >= 4 is 17.5 Å². The van der Waals surface area contributed by atoms with Crippen molar-refractivity contribution in [3.8, 4) is 0 Å². The summed E-state index contributed by atoms with van der Waals surface area (Å²) in [4.78, 5) is 11.0. The van der Waals surface area contributed by atoms with E-state index in [9.17, 15) is 4.79 Å². The summed E-state index contributed by atoms with van der Waals surface area (Å²) in [6.45, 7) is 2.41. The van der Waals surface area contributed by atoms with E-state index in [0.717, 1.165) is 31.5 Å². The molecule has 3 N–H and O–H groups in total. The molecular formula is C13H17ClN2O2. The summed E-state index contributed by atoms with van der Waals surface area (Å²) >= 11 is 6.09. The van der Waals surface area contributed by atoms with Gasteiger partial charge in [-0.3, -0.25) is 4.79 Å². The molecule has 5 heteroatoms. The van der Waals surface area contributed by atoms with Gasteiger partial charge in [-0.15, -0.1) is 0 Å². The van der Waals surface area contributed by atoms with Gasteiger partial charge in [0.25, 0.3) is 0 Å². The highest BCUT2D eigenvalue weighted by Gasteiger charge is 2.14. The minimum Gasteiger partial charge on any atom is -0.372 e. The number of carbonyl (C=O) groups is 1. The fourth-order valence-electron chi connectivity index (χ4n) is 1.99. The smallest absolute Gasteiger partial charge is 0.248 e. The molecule has 0 aromatic heterocycles. The van der Waals surface area contributed by atoms with Crippen molar-refractivity contribution in [3.05, 3.63) is 34.3 Å². The molecule has 0 radical (unpaired) electrons.